The van der Waals surface area contributed by atoms with Crippen LogP contribution in [0.2, 0.25) is 15.1 Å². The molecule has 0 spiro atoms. The lowest BCUT2D eigenvalue weighted by Gasteiger charge is -2.12. The summed E-state index contributed by atoms with van der Waals surface area (Å²) in [6.45, 7) is 1.81. The van der Waals surface area contributed by atoms with Crippen molar-refractivity contribution < 1.29 is 9.15 Å². The van der Waals surface area contributed by atoms with Gasteiger partial charge in [0, 0.05) is 15.8 Å². The minimum absolute atomic E-state index is 0.379. The van der Waals surface area contributed by atoms with Crippen molar-refractivity contribution >= 4 is 46.6 Å². The Morgan fingerprint density at radius 3 is 2.48 bits per heavy atom. The Kier molecular flexibility index (Phi) is 6.12. The van der Waals surface area contributed by atoms with Gasteiger partial charge in [-0.15, -0.1) is 10.2 Å². The Bertz CT molecular complexity index is 855. The van der Waals surface area contributed by atoms with Gasteiger partial charge in [0.25, 0.3) is 11.1 Å². The molecule has 3 aromatic rings. The van der Waals surface area contributed by atoms with Crippen LogP contribution < -0.4 is 4.74 Å². The van der Waals surface area contributed by atoms with Crippen molar-refractivity contribution in [3.63, 3.8) is 0 Å². The average Bonchev–Trinajstić information content (AvgIpc) is 3.06. The summed E-state index contributed by atoms with van der Waals surface area (Å²) in [5.41, 5.74) is 1.12. The Balaban J connectivity index is 1.61. The molecule has 0 saturated carbocycles. The lowest BCUT2D eigenvalue weighted by atomic mass is 10.2. The molecule has 2 aromatic carbocycles. The van der Waals surface area contributed by atoms with Crippen molar-refractivity contribution in [2.45, 2.75) is 24.0 Å². The third-order valence-electron chi connectivity index (χ3n) is 3.24. The van der Waals surface area contributed by atoms with Crippen LogP contribution in [0.4, 0.5) is 0 Å². The number of hydrogen-bond donors (Lipinski definition) is 0. The van der Waals surface area contributed by atoms with Crippen molar-refractivity contribution in [3.8, 4) is 5.75 Å². The van der Waals surface area contributed by atoms with E-state index in [1.807, 2.05) is 31.2 Å². The molecular formula is C17H13Cl3N2O2S. The highest BCUT2D eigenvalue weighted by atomic mass is 35.5. The highest BCUT2D eigenvalue weighted by Gasteiger charge is 2.17. The molecule has 0 N–H and O–H groups in total. The van der Waals surface area contributed by atoms with E-state index in [1.54, 1.807) is 18.2 Å². The molecule has 3 rings (SSSR count). The zero-order chi connectivity index (χ0) is 17.8. The lowest BCUT2D eigenvalue weighted by Crippen LogP contribution is -2.03. The fourth-order valence-corrected chi connectivity index (χ4v) is 3.28. The molecule has 0 amide bonds. The second-order valence-electron chi connectivity index (χ2n) is 5.16. The van der Waals surface area contributed by atoms with Crippen LogP contribution >= 0.6 is 46.6 Å². The standard InChI is InChI=1S/C17H13Cl3N2O2S/c1-10(23-15-7-6-13(19)8-14(15)20)16-21-22-17(24-16)25-9-11-2-4-12(18)5-3-11/h2-8,10H,9H2,1H3/t10-/m0/s1. The maximum Gasteiger partial charge on any atom is 0.277 e. The fourth-order valence-electron chi connectivity index (χ4n) is 1.98. The first-order valence-corrected chi connectivity index (χ1v) is 9.45. The van der Waals surface area contributed by atoms with Gasteiger partial charge in [0.15, 0.2) is 6.10 Å². The Morgan fingerprint density at radius 1 is 1.04 bits per heavy atom. The van der Waals surface area contributed by atoms with Crippen molar-refractivity contribution in [3.05, 3.63) is 69.0 Å². The van der Waals surface area contributed by atoms with Gasteiger partial charge in [-0.1, -0.05) is 58.7 Å². The highest BCUT2D eigenvalue weighted by Crippen LogP contribution is 2.32. The molecule has 130 valence electrons. The lowest BCUT2D eigenvalue weighted by molar-refractivity contribution is 0.182. The van der Waals surface area contributed by atoms with Gasteiger partial charge in [-0.3, -0.25) is 0 Å². The van der Waals surface area contributed by atoms with E-state index in [9.17, 15) is 0 Å². The minimum atomic E-state index is -0.434. The van der Waals surface area contributed by atoms with Gasteiger partial charge in [0.1, 0.15) is 5.75 Å². The van der Waals surface area contributed by atoms with Gasteiger partial charge in [-0.05, 0) is 42.8 Å². The van der Waals surface area contributed by atoms with Crippen molar-refractivity contribution in [2.24, 2.45) is 0 Å². The number of thioether (sulfide) groups is 1. The highest BCUT2D eigenvalue weighted by molar-refractivity contribution is 7.98. The van der Waals surface area contributed by atoms with E-state index in [2.05, 4.69) is 10.2 Å². The summed E-state index contributed by atoms with van der Waals surface area (Å²) in [6, 6.07) is 12.6. The smallest absolute Gasteiger partial charge is 0.277 e. The van der Waals surface area contributed by atoms with E-state index in [4.69, 9.17) is 44.0 Å². The summed E-state index contributed by atoms with van der Waals surface area (Å²) in [4.78, 5) is 0. The summed E-state index contributed by atoms with van der Waals surface area (Å²) in [6.07, 6.45) is -0.434. The SMILES string of the molecule is C[C@H](Oc1ccc(Cl)cc1Cl)c1nnc(SCc2ccc(Cl)cc2)o1. The molecule has 1 heterocycles. The molecule has 1 atom stereocenters. The number of hydrogen-bond acceptors (Lipinski definition) is 5. The summed E-state index contributed by atoms with van der Waals surface area (Å²) in [5, 5.41) is 10.2. The minimum Gasteiger partial charge on any atom is -0.479 e. The molecule has 1 aromatic heterocycles. The van der Waals surface area contributed by atoms with E-state index < -0.39 is 6.10 Å². The monoisotopic (exact) mass is 414 g/mol. The van der Waals surface area contributed by atoms with Gasteiger partial charge in [0.05, 0.1) is 5.02 Å². The Hall–Kier alpha value is -1.40. The molecule has 0 aliphatic heterocycles. The third kappa shape index (κ3) is 5.05. The van der Waals surface area contributed by atoms with Crippen molar-refractivity contribution in [2.75, 3.05) is 0 Å². The molecule has 0 bridgehead atoms. The van der Waals surface area contributed by atoms with Gasteiger partial charge in [-0.2, -0.15) is 0 Å². The van der Waals surface area contributed by atoms with Crippen LogP contribution in [0, 0.1) is 0 Å². The number of ether oxygens (including phenoxy) is 1. The van der Waals surface area contributed by atoms with Gasteiger partial charge < -0.3 is 9.15 Å². The predicted octanol–water partition coefficient (Wildman–Crippen LogP) is 6.46. The van der Waals surface area contributed by atoms with Crippen molar-refractivity contribution in [1.29, 1.82) is 0 Å². The van der Waals surface area contributed by atoms with Crippen LogP contribution in [0.15, 0.2) is 52.1 Å². The number of benzene rings is 2. The van der Waals surface area contributed by atoms with E-state index >= 15 is 0 Å². The predicted molar refractivity (Wildman–Crippen MR) is 101 cm³/mol. The van der Waals surface area contributed by atoms with Gasteiger partial charge in [0.2, 0.25) is 0 Å². The summed E-state index contributed by atoms with van der Waals surface area (Å²) in [5.74, 6) is 1.59. The average molecular weight is 416 g/mol. The summed E-state index contributed by atoms with van der Waals surface area (Å²) in [7, 11) is 0. The second kappa shape index (κ2) is 8.32. The maximum absolute atomic E-state index is 6.11. The van der Waals surface area contributed by atoms with Gasteiger partial charge >= 0.3 is 0 Å². The molecule has 25 heavy (non-hydrogen) atoms. The molecule has 0 aliphatic carbocycles. The normalized spacial score (nSPS) is 12.2. The van der Waals surface area contributed by atoms with Crippen molar-refractivity contribution in [1.82, 2.24) is 10.2 Å². The van der Waals surface area contributed by atoms with E-state index in [0.717, 1.165) is 5.56 Å². The van der Waals surface area contributed by atoms with Crippen LogP contribution in [0.3, 0.4) is 0 Å². The number of nitrogens with zero attached hydrogens (tertiary/aromatic N) is 2. The molecule has 4 nitrogen and oxygen atoms in total. The second-order valence-corrected chi connectivity index (χ2v) is 7.36. The molecule has 0 saturated heterocycles. The van der Waals surface area contributed by atoms with E-state index in [0.29, 0.717) is 37.7 Å². The van der Waals surface area contributed by atoms with E-state index in [1.165, 1.54) is 11.8 Å². The van der Waals surface area contributed by atoms with E-state index in [-0.39, 0.29) is 0 Å². The Morgan fingerprint density at radius 2 is 1.76 bits per heavy atom. The largest absolute Gasteiger partial charge is 0.479 e. The number of halogens is 3. The summed E-state index contributed by atoms with van der Waals surface area (Å²) >= 11 is 19.3. The zero-order valence-electron chi connectivity index (χ0n) is 13.1. The van der Waals surface area contributed by atoms with Crippen LogP contribution in [0.5, 0.6) is 5.75 Å². The third-order valence-corrected chi connectivity index (χ3v) is 4.92. The maximum atomic E-state index is 6.11. The Labute approximate surface area is 164 Å². The first kappa shape index (κ1) is 18.4. The number of aromatic nitrogens is 2. The number of rotatable bonds is 6. The molecule has 0 radical (unpaired) electrons. The quantitative estimate of drug-likeness (QED) is 0.432. The van der Waals surface area contributed by atoms with Crippen LogP contribution in [0.25, 0.3) is 0 Å². The zero-order valence-corrected chi connectivity index (χ0v) is 16.2. The molecule has 0 aliphatic rings. The molecule has 0 unspecified atom stereocenters. The molecule has 8 heteroatoms. The molecular weight excluding hydrogens is 403 g/mol. The summed E-state index contributed by atoms with van der Waals surface area (Å²) < 4.78 is 11.4. The first-order valence-electron chi connectivity index (χ1n) is 7.33. The van der Waals surface area contributed by atoms with Crippen LogP contribution in [-0.2, 0) is 5.75 Å². The topological polar surface area (TPSA) is 48.2 Å². The van der Waals surface area contributed by atoms with Crippen LogP contribution in [-0.4, -0.2) is 10.2 Å². The van der Waals surface area contributed by atoms with Crippen LogP contribution in [0.1, 0.15) is 24.5 Å². The fraction of sp³-hybridized carbons (Fsp3) is 0.176. The van der Waals surface area contributed by atoms with Gasteiger partial charge in [-0.25, -0.2) is 0 Å². The first-order chi connectivity index (χ1) is 12.0. The molecule has 0 fully saturated rings.